The summed E-state index contributed by atoms with van der Waals surface area (Å²) in [7, 11) is 0. The third-order valence-electron chi connectivity index (χ3n) is 3.03. The summed E-state index contributed by atoms with van der Waals surface area (Å²) >= 11 is 0. The molecule has 0 N–H and O–H groups in total. The van der Waals surface area contributed by atoms with E-state index in [9.17, 15) is 9.18 Å². The molecule has 0 aliphatic rings. The summed E-state index contributed by atoms with van der Waals surface area (Å²) in [5.74, 6) is -0.281. The number of ketones is 1. The summed E-state index contributed by atoms with van der Waals surface area (Å²) in [6, 6.07) is 4.70. The van der Waals surface area contributed by atoms with E-state index in [1.54, 1.807) is 12.1 Å². The second kappa shape index (κ2) is 6.29. The van der Waals surface area contributed by atoms with Crippen LogP contribution in [0.1, 0.15) is 38.8 Å². The van der Waals surface area contributed by atoms with Gasteiger partial charge in [-0.05, 0) is 62.1 Å². The Morgan fingerprint density at radius 3 is 2.50 bits per heavy atom. The van der Waals surface area contributed by atoms with E-state index in [4.69, 9.17) is 0 Å². The Bertz CT molecular complexity index is 510. The molecule has 0 aliphatic heterocycles. The molecule has 0 spiro atoms. The molecule has 0 atom stereocenters. The number of carbonyl (C=O) groups excluding carboxylic acids is 1. The molecule has 0 radical (unpaired) electrons. The van der Waals surface area contributed by atoms with Gasteiger partial charge in [-0.2, -0.15) is 0 Å². The average Bonchev–Trinajstić information content (AvgIpc) is 2.34. The van der Waals surface area contributed by atoms with Crippen LogP contribution >= 0.6 is 0 Å². The number of hydrogen-bond donors (Lipinski definition) is 0. The Balaban J connectivity index is 3.36. The van der Waals surface area contributed by atoms with E-state index in [1.807, 2.05) is 26.8 Å². The Kier molecular flexibility index (Phi) is 5.02. The van der Waals surface area contributed by atoms with E-state index in [0.717, 1.165) is 23.1 Å². The molecule has 1 aromatic carbocycles. The Morgan fingerprint density at radius 2 is 2.00 bits per heavy atom. The van der Waals surface area contributed by atoms with Gasteiger partial charge in [0, 0.05) is 5.57 Å². The van der Waals surface area contributed by atoms with Crippen LogP contribution in [0, 0.1) is 5.82 Å². The molecule has 1 aromatic rings. The van der Waals surface area contributed by atoms with Crippen LogP contribution in [0.2, 0.25) is 0 Å². The zero-order valence-corrected chi connectivity index (χ0v) is 11.4. The third kappa shape index (κ3) is 3.39. The van der Waals surface area contributed by atoms with Crippen LogP contribution in [0.3, 0.4) is 0 Å². The number of aryl methyl sites for hydroxylation is 1. The van der Waals surface area contributed by atoms with Gasteiger partial charge in [0.25, 0.3) is 0 Å². The number of rotatable bonds is 4. The minimum Gasteiger partial charge on any atom is -0.295 e. The van der Waals surface area contributed by atoms with Crippen molar-refractivity contribution in [1.29, 1.82) is 0 Å². The van der Waals surface area contributed by atoms with E-state index in [1.165, 1.54) is 19.1 Å². The molecule has 0 amide bonds. The van der Waals surface area contributed by atoms with Gasteiger partial charge in [-0.15, -0.1) is 0 Å². The molecule has 96 valence electrons. The summed E-state index contributed by atoms with van der Waals surface area (Å²) in [6.07, 6.45) is 4.48. The van der Waals surface area contributed by atoms with Crippen LogP contribution < -0.4 is 0 Å². The van der Waals surface area contributed by atoms with E-state index < -0.39 is 0 Å². The summed E-state index contributed by atoms with van der Waals surface area (Å²) in [6.45, 7) is 7.32. The van der Waals surface area contributed by atoms with E-state index in [0.29, 0.717) is 5.57 Å². The fourth-order valence-corrected chi connectivity index (χ4v) is 1.83. The highest BCUT2D eigenvalue weighted by Gasteiger charge is 2.08. The SMILES string of the molecule is C/C=C(C)/C(=C\c1cc(F)ccc1CC)C(C)=O. The van der Waals surface area contributed by atoms with Crippen molar-refractivity contribution in [3.05, 3.63) is 52.4 Å². The molecule has 0 saturated heterocycles. The molecule has 0 aliphatic carbocycles. The Morgan fingerprint density at radius 1 is 1.33 bits per heavy atom. The van der Waals surface area contributed by atoms with Gasteiger partial charge in [-0.25, -0.2) is 4.39 Å². The van der Waals surface area contributed by atoms with Gasteiger partial charge in [0.05, 0.1) is 0 Å². The lowest BCUT2D eigenvalue weighted by Gasteiger charge is -2.07. The summed E-state index contributed by atoms with van der Waals surface area (Å²) in [4.78, 5) is 11.6. The molecule has 1 nitrogen and oxygen atoms in total. The van der Waals surface area contributed by atoms with Gasteiger partial charge in [0.2, 0.25) is 0 Å². The van der Waals surface area contributed by atoms with Crippen LogP contribution in [0.15, 0.2) is 35.4 Å². The predicted molar refractivity (Wildman–Crippen MR) is 73.9 cm³/mol. The van der Waals surface area contributed by atoms with Gasteiger partial charge in [-0.3, -0.25) is 4.79 Å². The van der Waals surface area contributed by atoms with Gasteiger partial charge < -0.3 is 0 Å². The zero-order chi connectivity index (χ0) is 13.7. The second-order valence-electron chi connectivity index (χ2n) is 4.28. The summed E-state index contributed by atoms with van der Waals surface area (Å²) < 4.78 is 13.3. The highest BCUT2D eigenvalue weighted by atomic mass is 19.1. The molecular formula is C16H19FO. The van der Waals surface area contributed by atoms with Gasteiger partial charge in [-0.1, -0.05) is 19.1 Å². The van der Waals surface area contributed by atoms with Crippen molar-refractivity contribution in [3.8, 4) is 0 Å². The summed E-state index contributed by atoms with van der Waals surface area (Å²) in [5.41, 5.74) is 3.37. The lowest BCUT2D eigenvalue weighted by molar-refractivity contribution is -0.113. The zero-order valence-electron chi connectivity index (χ0n) is 11.4. The molecule has 0 unspecified atom stereocenters. The van der Waals surface area contributed by atoms with Crippen molar-refractivity contribution in [1.82, 2.24) is 0 Å². The number of carbonyl (C=O) groups is 1. The van der Waals surface area contributed by atoms with Crippen molar-refractivity contribution in [2.75, 3.05) is 0 Å². The Labute approximate surface area is 108 Å². The van der Waals surface area contributed by atoms with Gasteiger partial charge >= 0.3 is 0 Å². The monoisotopic (exact) mass is 246 g/mol. The molecule has 2 heteroatoms. The standard InChI is InChI=1S/C16H19FO/c1-5-11(3)16(12(4)18)10-14-9-15(17)8-7-13(14)6-2/h5,7-10H,6H2,1-4H3/b11-5+,16-10+. The number of benzene rings is 1. The van der Waals surface area contributed by atoms with Crippen LogP contribution in [-0.4, -0.2) is 5.78 Å². The first-order valence-electron chi connectivity index (χ1n) is 6.14. The minimum atomic E-state index is -0.278. The van der Waals surface area contributed by atoms with Crippen molar-refractivity contribution >= 4 is 11.9 Å². The normalized spacial score (nSPS) is 12.7. The first-order chi connectivity index (χ1) is 8.49. The third-order valence-corrected chi connectivity index (χ3v) is 3.03. The van der Waals surface area contributed by atoms with E-state index >= 15 is 0 Å². The number of hydrogen-bond acceptors (Lipinski definition) is 1. The lowest BCUT2D eigenvalue weighted by atomic mass is 9.97. The average molecular weight is 246 g/mol. The molecule has 18 heavy (non-hydrogen) atoms. The first-order valence-corrected chi connectivity index (χ1v) is 6.14. The fraction of sp³-hybridized carbons (Fsp3) is 0.312. The van der Waals surface area contributed by atoms with Crippen LogP contribution in [0.25, 0.3) is 6.08 Å². The maximum atomic E-state index is 13.3. The number of halogens is 1. The second-order valence-corrected chi connectivity index (χ2v) is 4.28. The fourth-order valence-electron chi connectivity index (χ4n) is 1.83. The largest absolute Gasteiger partial charge is 0.295 e. The topological polar surface area (TPSA) is 17.1 Å². The van der Waals surface area contributed by atoms with E-state index in [2.05, 4.69) is 0 Å². The predicted octanol–water partition coefficient (Wildman–Crippen LogP) is 4.33. The lowest BCUT2D eigenvalue weighted by Crippen LogP contribution is -1.99. The van der Waals surface area contributed by atoms with Gasteiger partial charge in [0.1, 0.15) is 5.82 Å². The highest BCUT2D eigenvalue weighted by molar-refractivity contribution is 6.02. The quantitative estimate of drug-likeness (QED) is 0.571. The molecular weight excluding hydrogens is 227 g/mol. The molecule has 0 bridgehead atoms. The van der Waals surface area contributed by atoms with Crippen LogP contribution in [-0.2, 0) is 11.2 Å². The van der Waals surface area contributed by atoms with Gasteiger partial charge in [0.15, 0.2) is 5.78 Å². The molecule has 0 saturated carbocycles. The molecule has 1 rings (SSSR count). The number of Topliss-reactive ketones (excluding diaryl/α,β-unsaturated/α-hetero) is 1. The van der Waals surface area contributed by atoms with Crippen molar-refractivity contribution in [2.24, 2.45) is 0 Å². The maximum Gasteiger partial charge on any atom is 0.160 e. The highest BCUT2D eigenvalue weighted by Crippen LogP contribution is 2.20. The van der Waals surface area contributed by atoms with E-state index in [-0.39, 0.29) is 11.6 Å². The first kappa shape index (κ1) is 14.4. The van der Waals surface area contributed by atoms with Crippen molar-refractivity contribution in [3.63, 3.8) is 0 Å². The maximum absolute atomic E-state index is 13.3. The smallest absolute Gasteiger partial charge is 0.160 e. The van der Waals surface area contributed by atoms with Crippen molar-refractivity contribution < 1.29 is 9.18 Å². The minimum absolute atomic E-state index is 0.00286. The van der Waals surface area contributed by atoms with Crippen molar-refractivity contribution in [2.45, 2.75) is 34.1 Å². The molecule has 0 heterocycles. The summed E-state index contributed by atoms with van der Waals surface area (Å²) in [5, 5.41) is 0. The van der Waals surface area contributed by atoms with Crippen LogP contribution in [0.5, 0.6) is 0 Å². The molecule has 0 fully saturated rings. The molecule has 0 aromatic heterocycles. The number of allylic oxidation sites excluding steroid dienone is 3. The van der Waals surface area contributed by atoms with Crippen LogP contribution in [0.4, 0.5) is 4.39 Å². The Hall–Kier alpha value is -1.70.